The maximum atomic E-state index is 13.2. The highest BCUT2D eigenvalue weighted by Gasteiger charge is 2.32. The van der Waals surface area contributed by atoms with Crippen molar-refractivity contribution in [3.05, 3.63) is 71.4 Å². The fourth-order valence-corrected chi connectivity index (χ4v) is 3.56. The smallest absolute Gasteiger partial charge is 0.276 e. The number of aromatic nitrogens is 3. The van der Waals surface area contributed by atoms with Crippen LogP contribution in [0.5, 0.6) is 0 Å². The van der Waals surface area contributed by atoms with E-state index >= 15 is 0 Å². The number of aliphatic hydroxyl groups is 1. The minimum atomic E-state index is -0.855. The van der Waals surface area contributed by atoms with Crippen LogP contribution < -0.4 is 0 Å². The average Bonchev–Trinajstić information content (AvgIpc) is 3.34. The standard InChI is InChI=1S/C21H23N5O4/c1-15-18(13-26-9-5-8-22-26)20(23-30-15)21(29)25-12-17(27)11-24(19(28)14-25)10-16-6-3-2-4-7-16/h2-9,17,27H,10-14H2,1H3. The summed E-state index contributed by atoms with van der Waals surface area (Å²) in [7, 11) is 0. The molecule has 1 aliphatic heterocycles. The summed E-state index contributed by atoms with van der Waals surface area (Å²) in [5.74, 6) is -0.151. The number of carbonyl (C=O) groups is 2. The molecule has 3 heterocycles. The number of nitrogens with zero attached hydrogens (tertiary/aromatic N) is 5. The van der Waals surface area contributed by atoms with Crippen LogP contribution in [-0.4, -0.2) is 67.4 Å². The minimum Gasteiger partial charge on any atom is -0.389 e. The molecule has 0 aliphatic carbocycles. The van der Waals surface area contributed by atoms with Gasteiger partial charge in [0.2, 0.25) is 5.91 Å². The highest BCUT2D eigenvalue weighted by atomic mass is 16.5. The number of amides is 2. The predicted octanol–water partition coefficient (Wildman–Crippen LogP) is 1.07. The Morgan fingerprint density at radius 3 is 2.73 bits per heavy atom. The predicted molar refractivity (Wildman–Crippen MR) is 106 cm³/mol. The first-order chi connectivity index (χ1) is 14.5. The average molecular weight is 409 g/mol. The number of rotatable bonds is 5. The monoisotopic (exact) mass is 409 g/mol. The van der Waals surface area contributed by atoms with Gasteiger partial charge in [0.25, 0.3) is 5.91 Å². The van der Waals surface area contributed by atoms with Crippen molar-refractivity contribution in [1.29, 1.82) is 0 Å². The molecule has 2 amide bonds. The summed E-state index contributed by atoms with van der Waals surface area (Å²) in [4.78, 5) is 28.9. The van der Waals surface area contributed by atoms with Gasteiger partial charge in [0.1, 0.15) is 12.3 Å². The van der Waals surface area contributed by atoms with Crippen LogP contribution in [0.4, 0.5) is 0 Å². The highest BCUT2D eigenvalue weighted by Crippen LogP contribution is 2.19. The van der Waals surface area contributed by atoms with E-state index in [2.05, 4.69) is 10.3 Å². The molecule has 0 saturated carbocycles. The summed E-state index contributed by atoms with van der Waals surface area (Å²) in [5, 5.41) is 18.5. The summed E-state index contributed by atoms with van der Waals surface area (Å²) in [5.41, 5.74) is 1.71. The van der Waals surface area contributed by atoms with Crippen molar-refractivity contribution in [3.63, 3.8) is 0 Å². The molecule has 0 spiro atoms. The fraction of sp³-hybridized carbons (Fsp3) is 0.333. The molecule has 4 rings (SSSR count). The highest BCUT2D eigenvalue weighted by molar-refractivity contribution is 5.96. The third-order valence-corrected chi connectivity index (χ3v) is 5.11. The number of carbonyl (C=O) groups excluding carboxylic acids is 2. The van der Waals surface area contributed by atoms with Crippen LogP contribution in [0, 0.1) is 6.92 Å². The van der Waals surface area contributed by atoms with E-state index in [0.717, 1.165) is 5.56 Å². The summed E-state index contributed by atoms with van der Waals surface area (Å²) >= 11 is 0. The molecule has 1 aromatic carbocycles. The Morgan fingerprint density at radius 1 is 1.20 bits per heavy atom. The molecule has 0 radical (unpaired) electrons. The second-order valence-electron chi connectivity index (χ2n) is 7.37. The lowest BCUT2D eigenvalue weighted by atomic mass is 10.1. The second-order valence-corrected chi connectivity index (χ2v) is 7.37. The molecule has 2 aromatic heterocycles. The molecular formula is C21H23N5O4. The van der Waals surface area contributed by atoms with Crippen molar-refractivity contribution >= 4 is 11.8 Å². The molecule has 9 heteroatoms. The molecule has 3 aromatic rings. The number of benzene rings is 1. The normalized spacial score (nSPS) is 17.3. The largest absolute Gasteiger partial charge is 0.389 e. The number of hydrogen-bond acceptors (Lipinski definition) is 6. The molecule has 1 N–H and O–H groups in total. The molecule has 1 fully saturated rings. The van der Waals surface area contributed by atoms with Gasteiger partial charge in [-0.15, -0.1) is 0 Å². The number of aliphatic hydroxyl groups excluding tert-OH is 1. The van der Waals surface area contributed by atoms with Crippen molar-refractivity contribution in [3.8, 4) is 0 Å². The molecule has 0 bridgehead atoms. The van der Waals surface area contributed by atoms with Crippen LogP contribution in [0.3, 0.4) is 0 Å². The van der Waals surface area contributed by atoms with Gasteiger partial charge in [0.05, 0.1) is 12.6 Å². The number of β-amino-alcohol motifs (C(OH)–C–C–N with tert-alkyl or cyclic N) is 1. The quantitative estimate of drug-likeness (QED) is 0.676. The Balaban J connectivity index is 1.52. The third kappa shape index (κ3) is 4.25. The maximum Gasteiger partial charge on any atom is 0.276 e. The molecule has 9 nitrogen and oxygen atoms in total. The Bertz CT molecular complexity index is 1020. The molecule has 30 heavy (non-hydrogen) atoms. The van der Waals surface area contributed by atoms with Crippen LogP contribution in [0.1, 0.15) is 27.4 Å². The van der Waals surface area contributed by atoms with Crippen molar-refractivity contribution in [2.75, 3.05) is 19.6 Å². The summed E-state index contributed by atoms with van der Waals surface area (Å²) in [6, 6.07) is 11.3. The lowest BCUT2D eigenvalue weighted by molar-refractivity contribution is -0.131. The first kappa shape index (κ1) is 19.8. The van der Waals surface area contributed by atoms with Crippen LogP contribution in [0.25, 0.3) is 0 Å². The van der Waals surface area contributed by atoms with Crippen LogP contribution >= 0.6 is 0 Å². The zero-order valence-electron chi connectivity index (χ0n) is 16.6. The third-order valence-electron chi connectivity index (χ3n) is 5.11. The van der Waals surface area contributed by atoms with E-state index in [9.17, 15) is 14.7 Å². The first-order valence-electron chi connectivity index (χ1n) is 9.73. The SMILES string of the molecule is Cc1onc(C(=O)N2CC(=O)N(Cc3ccccc3)CC(O)C2)c1Cn1cccn1. The summed E-state index contributed by atoms with van der Waals surface area (Å²) in [6.45, 7) is 2.52. The Morgan fingerprint density at radius 2 is 2.00 bits per heavy atom. The Kier molecular flexibility index (Phi) is 5.62. The van der Waals surface area contributed by atoms with Crippen LogP contribution in [0.15, 0.2) is 53.3 Å². The number of aryl methyl sites for hydroxylation is 1. The maximum absolute atomic E-state index is 13.2. The minimum absolute atomic E-state index is 0.0446. The van der Waals surface area contributed by atoms with Crippen LogP contribution in [-0.2, 0) is 17.9 Å². The topological polar surface area (TPSA) is 105 Å². The van der Waals surface area contributed by atoms with E-state index in [1.54, 1.807) is 35.0 Å². The van der Waals surface area contributed by atoms with Gasteiger partial charge in [0.15, 0.2) is 5.69 Å². The molecule has 1 aliphatic rings. The summed E-state index contributed by atoms with van der Waals surface area (Å²) < 4.78 is 6.91. The van der Waals surface area contributed by atoms with Crippen molar-refractivity contribution in [1.82, 2.24) is 24.7 Å². The molecule has 156 valence electrons. The van der Waals surface area contributed by atoms with Gasteiger partial charge < -0.3 is 19.4 Å². The van der Waals surface area contributed by atoms with Gasteiger partial charge in [-0.3, -0.25) is 14.3 Å². The van der Waals surface area contributed by atoms with Crippen molar-refractivity contribution in [2.45, 2.75) is 26.1 Å². The van der Waals surface area contributed by atoms with E-state index in [4.69, 9.17) is 4.52 Å². The van der Waals surface area contributed by atoms with E-state index in [1.165, 1.54) is 4.90 Å². The molecule has 1 atom stereocenters. The fourth-order valence-electron chi connectivity index (χ4n) is 3.56. The lowest BCUT2D eigenvalue weighted by Crippen LogP contribution is -2.40. The molecule has 1 unspecified atom stereocenters. The Hall–Kier alpha value is -3.46. The van der Waals surface area contributed by atoms with E-state index in [-0.39, 0.29) is 31.2 Å². The first-order valence-corrected chi connectivity index (χ1v) is 9.73. The van der Waals surface area contributed by atoms with Gasteiger partial charge >= 0.3 is 0 Å². The van der Waals surface area contributed by atoms with Crippen molar-refractivity contribution < 1.29 is 19.2 Å². The van der Waals surface area contributed by atoms with Gasteiger partial charge in [-0.05, 0) is 18.6 Å². The van der Waals surface area contributed by atoms with Gasteiger partial charge in [-0.2, -0.15) is 5.10 Å². The lowest BCUT2D eigenvalue weighted by Gasteiger charge is -2.21. The Labute approximate surface area is 173 Å². The van der Waals surface area contributed by atoms with E-state index in [1.807, 2.05) is 30.3 Å². The molecular weight excluding hydrogens is 386 g/mol. The molecule has 1 saturated heterocycles. The van der Waals surface area contributed by atoms with Crippen molar-refractivity contribution in [2.24, 2.45) is 0 Å². The zero-order valence-corrected chi connectivity index (χ0v) is 16.6. The van der Waals surface area contributed by atoms with Gasteiger partial charge in [0, 0.05) is 37.6 Å². The summed E-state index contributed by atoms with van der Waals surface area (Å²) in [6.07, 6.45) is 2.57. The van der Waals surface area contributed by atoms with E-state index in [0.29, 0.717) is 24.4 Å². The number of hydrogen-bond donors (Lipinski definition) is 1. The van der Waals surface area contributed by atoms with Gasteiger partial charge in [-0.25, -0.2) is 0 Å². The van der Waals surface area contributed by atoms with Crippen LogP contribution in [0.2, 0.25) is 0 Å². The van der Waals surface area contributed by atoms with E-state index < -0.39 is 12.0 Å². The second kappa shape index (κ2) is 8.50. The van der Waals surface area contributed by atoms with Gasteiger partial charge in [-0.1, -0.05) is 35.5 Å². The zero-order chi connectivity index (χ0) is 21.1.